The van der Waals surface area contributed by atoms with Crippen LogP contribution in [0, 0.1) is 0 Å². The number of carbonyl (C=O) groups is 5. The Hall–Kier alpha value is -7.52. The molecule has 3 heterocycles. The summed E-state index contributed by atoms with van der Waals surface area (Å²) in [6.45, 7) is 0. The maximum absolute atomic E-state index is 16.0. The first-order chi connectivity index (χ1) is 28.6. The van der Waals surface area contributed by atoms with E-state index in [0.717, 1.165) is 17.2 Å². The smallest absolute Gasteiger partial charge is 0.339 e. The van der Waals surface area contributed by atoms with Crippen molar-refractivity contribution in [2.45, 2.75) is 29.1 Å². The Kier molecular flexibility index (Phi) is 9.81. The maximum Gasteiger partial charge on any atom is 0.339 e. The van der Waals surface area contributed by atoms with Crippen LogP contribution in [-0.4, -0.2) is 81.7 Å². The zero-order chi connectivity index (χ0) is 41.4. The van der Waals surface area contributed by atoms with Gasteiger partial charge in [0.2, 0.25) is 28.7 Å². The van der Waals surface area contributed by atoms with Crippen LogP contribution in [0.15, 0.2) is 164 Å². The number of Topliss-reactive ketones (excluding diaryl/α,β-unsaturated/α-hetero) is 4. The first-order valence-electron chi connectivity index (χ1n) is 18.3. The number of imidazole rings is 1. The molecule has 14 heteroatoms. The Morgan fingerprint density at radius 3 is 1.56 bits per heavy atom. The molecule has 292 valence electrons. The molecule has 4 N–H and O–H groups in total. The Morgan fingerprint density at radius 2 is 1.07 bits per heavy atom. The molecule has 59 heavy (non-hydrogen) atoms. The second-order valence-corrected chi connectivity index (χ2v) is 13.7. The van der Waals surface area contributed by atoms with Gasteiger partial charge in [0.15, 0.2) is 23.3 Å². The van der Waals surface area contributed by atoms with Gasteiger partial charge in [0.25, 0.3) is 5.60 Å². The highest BCUT2D eigenvalue weighted by atomic mass is 16.6. The second kappa shape index (κ2) is 15.1. The molecule has 7 aromatic rings. The number of hydrogen-bond acceptors (Lipinski definition) is 13. The molecule has 0 aliphatic carbocycles. The Balaban J connectivity index is 1.56. The van der Waals surface area contributed by atoms with Crippen molar-refractivity contribution in [3.05, 3.63) is 192 Å². The summed E-state index contributed by atoms with van der Waals surface area (Å²) in [7, 11) is 0. The molecule has 0 unspecified atom stereocenters. The topological polar surface area (TPSA) is 214 Å². The van der Waals surface area contributed by atoms with Crippen molar-refractivity contribution in [2.24, 2.45) is 0 Å². The summed E-state index contributed by atoms with van der Waals surface area (Å²) < 4.78 is 14.1. The minimum Gasteiger partial charge on any atom is -0.435 e. The zero-order valence-corrected chi connectivity index (χ0v) is 30.9. The number of nitrogens with zero attached hydrogens (tertiary/aromatic N) is 4. The van der Waals surface area contributed by atoms with E-state index in [2.05, 4.69) is 15.0 Å². The van der Waals surface area contributed by atoms with Gasteiger partial charge >= 0.3 is 5.97 Å². The van der Waals surface area contributed by atoms with Gasteiger partial charge in [0.1, 0.15) is 17.9 Å². The number of rotatable bonds is 12. The van der Waals surface area contributed by atoms with E-state index in [4.69, 9.17) is 15.2 Å². The summed E-state index contributed by atoms with van der Waals surface area (Å²) in [5.41, 5.74) is -6.28. The second-order valence-electron chi connectivity index (χ2n) is 13.7. The number of nitrogen functional groups attached to an aromatic ring is 1. The normalized spacial score (nSPS) is 20.2. The number of esters is 1. The molecule has 4 atom stereocenters. The number of carbonyl (C=O) groups excluding carboxylic acids is 5. The summed E-state index contributed by atoms with van der Waals surface area (Å²) in [5.74, 6) is -6.88. The van der Waals surface area contributed by atoms with Gasteiger partial charge in [-0.05, 0) is 12.1 Å². The Morgan fingerprint density at radius 1 is 0.627 bits per heavy atom. The Labute approximate surface area is 335 Å². The third-order valence-electron chi connectivity index (χ3n) is 10.4. The largest absolute Gasteiger partial charge is 0.435 e. The van der Waals surface area contributed by atoms with E-state index in [1.165, 1.54) is 121 Å². The molecule has 8 rings (SSSR count). The average Bonchev–Trinajstić information content (AvgIpc) is 3.83. The average molecular weight is 788 g/mol. The molecule has 1 aliphatic rings. The van der Waals surface area contributed by atoms with Crippen LogP contribution in [0.4, 0.5) is 5.82 Å². The Bertz CT molecular complexity index is 2660. The van der Waals surface area contributed by atoms with Crippen LogP contribution in [0.3, 0.4) is 0 Å². The van der Waals surface area contributed by atoms with Crippen LogP contribution in [0.25, 0.3) is 11.2 Å². The lowest BCUT2D eigenvalue weighted by Gasteiger charge is -2.49. The molecule has 0 bridgehead atoms. The predicted molar refractivity (Wildman–Crippen MR) is 211 cm³/mol. The number of ketones is 4. The third-order valence-corrected chi connectivity index (χ3v) is 10.4. The number of aliphatic hydroxyl groups is 2. The summed E-state index contributed by atoms with van der Waals surface area (Å²) in [4.78, 5) is 90.4. The van der Waals surface area contributed by atoms with Crippen LogP contribution >= 0.6 is 0 Å². The van der Waals surface area contributed by atoms with Crippen molar-refractivity contribution in [1.29, 1.82) is 0 Å². The SMILES string of the molecule is Nc1ncnc2c1ncn2[C@@H]1O[C@](C(=O)c2ccccc2)(C(OC(=O)c2ccccc2)(C(=O)c2ccccc2)C(=O)c2ccccc2)[C@](O)(C(=O)c2ccccc2)[C@H]1O. The summed E-state index contributed by atoms with van der Waals surface area (Å²) in [6, 6.07) is 35.7. The summed E-state index contributed by atoms with van der Waals surface area (Å²) >= 11 is 0. The molecule has 2 aromatic heterocycles. The highest BCUT2D eigenvalue weighted by Gasteiger charge is 2.85. The van der Waals surface area contributed by atoms with Gasteiger partial charge < -0.3 is 25.4 Å². The van der Waals surface area contributed by atoms with Crippen molar-refractivity contribution in [3.8, 4) is 0 Å². The first-order valence-corrected chi connectivity index (χ1v) is 18.3. The number of aromatic nitrogens is 4. The van der Waals surface area contributed by atoms with Crippen LogP contribution in [-0.2, 0) is 9.47 Å². The third kappa shape index (κ3) is 5.93. The molecular formula is C45H33N5O9. The lowest BCUT2D eigenvalue weighted by molar-refractivity contribution is -0.168. The molecule has 14 nitrogen and oxygen atoms in total. The van der Waals surface area contributed by atoms with Crippen molar-refractivity contribution in [2.75, 3.05) is 5.73 Å². The highest BCUT2D eigenvalue weighted by molar-refractivity contribution is 6.31. The molecule has 1 saturated heterocycles. The van der Waals surface area contributed by atoms with Crippen molar-refractivity contribution < 1.29 is 43.7 Å². The van der Waals surface area contributed by atoms with Crippen molar-refractivity contribution >= 4 is 46.1 Å². The predicted octanol–water partition coefficient (Wildman–Crippen LogP) is 4.90. The lowest BCUT2D eigenvalue weighted by atomic mass is 9.59. The van der Waals surface area contributed by atoms with E-state index in [-0.39, 0.29) is 44.8 Å². The van der Waals surface area contributed by atoms with Gasteiger partial charge in [0.05, 0.1) is 11.9 Å². The number of aliphatic hydroxyl groups excluding tert-OH is 1. The van der Waals surface area contributed by atoms with E-state index in [1.807, 2.05) is 0 Å². The number of ether oxygens (including phenoxy) is 2. The van der Waals surface area contributed by atoms with E-state index in [9.17, 15) is 15.0 Å². The fourth-order valence-electron chi connectivity index (χ4n) is 7.59. The van der Waals surface area contributed by atoms with E-state index < -0.39 is 58.2 Å². The standard InChI is InChI=1S/C45H33N5O9/c46-39-33-40(48-26-47-39)50(27-49-33)41-38(55)43(57,34(51)28-16-6-1-7-17-28)45(58-41,37(54)31-22-12-4-13-23-31)44(35(52)29-18-8-2-9-19-29,36(53)30-20-10-3-11-21-30)59-42(56)32-24-14-5-15-25-32/h1-27,38,41,55,57H,(H2,46,47,48)/t38-,41+,43-,45-/m0/s1. The number of anilines is 1. The number of fused-ring (bicyclic) bond motifs is 1. The van der Waals surface area contributed by atoms with Gasteiger partial charge in [0, 0.05) is 22.3 Å². The molecular weight excluding hydrogens is 755 g/mol. The molecule has 0 saturated carbocycles. The number of hydrogen-bond donors (Lipinski definition) is 3. The van der Waals surface area contributed by atoms with E-state index in [1.54, 1.807) is 30.3 Å². The minimum atomic E-state index is -3.67. The lowest BCUT2D eigenvalue weighted by Crippen LogP contribution is -2.80. The molecule has 0 amide bonds. The fourth-order valence-corrected chi connectivity index (χ4v) is 7.59. The number of benzene rings is 5. The zero-order valence-electron chi connectivity index (χ0n) is 30.9. The summed E-state index contributed by atoms with van der Waals surface area (Å²) in [6.07, 6.45) is -2.42. The molecule has 1 aliphatic heterocycles. The van der Waals surface area contributed by atoms with Gasteiger partial charge in [-0.1, -0.05) is 140 Å². The monoisotopic (exact) mass is 787 g/mol. The summed E-state index contributed by atoms with van der Waals surface area (Å²) in [5, 5.41) is 26.5. The molecule has 0 radical (unpaired) electrons. The molecule has 5 aromatic carbocycles. The minimum absolute atomic E-state index is 0.00982. The van der Waals surface area contributed by atoms with Gasteiger partial charge in [-0.3, -0.25) is 23.7 Å². The van der Waals surface area contributed by atoms with Gasteiger partial charge in [-0.15, -0.1) is 0 Å². The molecule has 0 spiro atoms. The van der Waals surface area contributed by atoms with Crippen LogP contribution in [0.1, 0.15) is 58.0 Å². The maximum atomic E-state index is 16.0. The van der Waals surface area contributed by atoms with Crippen molar-refractivity contribution in [3.63, 3.8) is 0 Å². The van der Waals surface area contributed by atoms with Crippen LogP contribution in [0.5, 0.6) is 0 Å². The van der Waals surface area contributed by atoms with E-state index >= 15 is 19.2 Å². The molecule has 1 fully saturated rings. The van der Waals surface area contributed by atoms with Crippen LogP contribution < -0.4 is 5.73 Å². The van der Waals surface area contributed by atoms with Gasteiger partial charge in [-0.25, -0.2) is 19.7 Å². The first kappa shape index (κ1) is 38.4. The van der Waals surface area contributed by atoms with Crippen LogP contribution in [0.2, 0.25) is 0 Å². The quantitative estimate of drug-likeness (QED) is 0.0856. The number of nitrogens with two attached hydrogens (primary N) is 1. The van der Waals surface area contributed by atoms with Crippen molar-refractivity contribution in [1.82, 2.24) is 19.5 Å². The fraction of sp³-hybridized carbons (Fsp3) is 0.111. The van der Waals surface area contributed by atoms with Gasteiger partial charge in [-0.2, -0.15) is 0 Å². The van der Waals surface area contributed by atoms with E-state index in [0.29, 0.717) is 0 Å². The highest BCUT2D eigenvalue weighted by Crippen LogP contribution is 2.56.